The number of ether oxygens (including phenoxy) is 1. The Morgan fingerprint density at radius 2 is 2.05 bits per heavy atom. The molecule has 1 rings (SSSR count). The Morgan fingerprint density at radius 3 is 2.58 bits per heavy atom. The van der Waals surface area contributed by atoms with E-state index < -0.39 is 12.6 Å². The quantitative estimate of drug-likeness (QED) is 0.640. The topological polar surface area (TPSA) is 35.2 Å². The molecule has 0 aromatic heterocycles. The third-order valence-electron chi connectivity index (χ3n) is 2.34. The van der Waals surface area contributed by atoms with Gasteiger partial charge >= 0.3 is 6.18 Å². The number of thiocarbonyl (C=S) groups is 1. The van der Waals surface area contributed by atoms with Crippen molar-refractivity contribution in [3.8, 4) is 0 Å². The predicted octanol–water partition coefficient (Wildman–Crippen LogP) is 3.83. The summed E-state index contributed by atoms with van der Waals surface area (Å²) in [6.07, 6.45) is -5.05. The van der Waals surface area contributed by atoms with Crippen LogP contribution in [-0.2, 0) is 11.3 Å². The van der Waals surface area contributed by atoms with Gasteiger partial charge in [-0.15, -0.1) is 0 Å². The highest BCUT2D eigenvalue weighted by Crippen LogP contribution is 2.22. The maximum atomic E-state index is 11.9. The van der Waals surface area contributed by atoms with Gasteiger partial charge in [-0.2, -0.15) is 13.2 Å². The van der Waals surface area contributed by atoms with Crippen LogP contribution in [0.15, 0.2) is 18.2 Å². The molecule has 0 amide bonds. The Bertz CT molecular complexity index is 451. The molecule has 0 aliphatic carbocycles. The molecule has 0 spiro atoms. The zero-order valence-corrected chi connectivity index (χ0v) is 11.5. The molecule has 0 unspecified atom stereocenters. The van der Waals surface area contributed by atoms with E-state index in [1.807, 2.05) is 0 Å². The standard InChI is InChI=1S/C12H13ClF3NOS/c13-10-6-8(11(17)19)2-3-9(10)7-18-5-1-4-12(14,15)16/h2-3,6H,1,4-5,7H2,(H2,17,19). The van der Waals surface area contributed by atoms with Crippen LogP contribution in [0, 0.1) is 0 Å². The molecule has 1 aromatic rings. The molecule has 0 bridgehead atoms. The number of rotatable bonds is 6. The van der Waals surface area contributed by atoms with E-state index >= 15 is 0 Å². The van der Waals surface area contributed by atoms with Crippen LogP contribution in [-0.4, -0.2) is 17.8 Å². The minimum absolute atomic E-state index is 0.0346. The third kappa shape index (κ3) is 6.22. The van der Waals surface area contributed by atoms with Gasteiger partial charge in [0.05, 0.1) is 6.61 Å². The summed E-state index contributed by atoms with van der Waals surface area (Å²) in [6, 6.07) is 5.00. The molecule has 0 fully saturated rings. The third-order valence-corrected chi connectivity index (χ3v) is 2.93. The maximum Gasteiger partial charge on any atom is 0.389 e. The summed E-state index contributed by atoms with van der Waals surface area (Å²) in [5.74, 6) is 0. The zero-order chi connectivity index (χ0) is 14.5. The first-order valence-corrected chi connectivity index (χ1v) is 6.31. The molecule has 0 saturated carbocycles. The zero-order valence-electron chi connectivity index (χ0n) is 9.97. The van der Waals surface area contributed by atoms with Crippen LogP contribution in [0.5, 0.6) is 0 Å². The highest BCUT2D eigenvalue weighted by atomic mass is 35.5. The Morgan fingerprint density at radius 1 is 1.37 bits per heavy atom. The van der Waals surface area contributed by atoms with Gasteiger partial charge in [-0.05, 0) is 18.1 Å². The monoisotopic (exact) mass is 311 g/mol. The Labute approximate surface area is 119 Å². The van der Waals surface area contributed by atoms with Crippen LogP contribution in [0.25, 0.3) is 0 Å². The van der Waals surface area contributed by atoms with Crippen molar-refractivity contribution in [2.24, 2.45) is 5.73 Å². The highest BCUT2D eigenvalue weighted by molar-refractivity contribution is 7.80. The molecular formula is C12H13ClF3NOS. The molecule has 1 aromatic carbocycles. The van der Waals surface area contributed by atoms with Crippen molar-refractivity contribution in [1.29, 1.82) is 0 Å². The van der Waals surface area contributed by atoms with Crippen molar-refractivity contribution in [3.63, 3.8) is 0 Å². The SMILES string of the molecule is NC(=S)c1ccc(COCCCC(F)(F)F)c(Cl)c1. The molecule has 19 heavy (non-hydrogen) atoms. The normalized spacial score (nSPS) is 11.6. The second-order valence-electron chi connectivity index (χ2n) is 3.94. The summed E-state index contributed by atoms with van der Waals surface area (Å²) >= 11 is 10.8. The number of hydrogen-bond donors (Lipinski definition) is 1. The Balaban J connectivity index is 2.40. The Hall–Kier alpha value is -0.850. The summed E-state index contributed by atoms with van der Waals surface area (Å²) < 4.78 is 40.8. The summed E-state index contributed by atoms with van der Waals surface area (Å²) in [4.78, 5) is 0.236. The van der Waals surface area contributed by atoms with Gasteiger partial charge in [0.15, 0.2) is 0 Å². The van der Waals surface area contributed by atoms with Gasteiger partial charge in [-0.1, -0.05) is 36.0 Å². The smallest absolute Gasteiger partial charge is 0.389 e. The molecule has 0 aliphatic rings. The van der Waals surface area contributed by atoms with E-state index in [1.54, 1.807) is 18.2 Å². The Kier molecular flexibility index (Phi) is 6.03. The average molecular weight is 312 g/mol. The van der Waals surface area contributed by atoms with E-state index in [-0.39, 0.29) is 24.6 Å². The fourth-order valence-corrected chi connectivity index (χ4v) is 1.74. The number of hydrogen-bond acceptors (Lipinski definition) is 2. The highest BCUT2D eigenvalue weighted by Gasteiger charge is 2.25. The molecule has 0 atom stereocenters. The number of alkyl halides is 3. The van der Waals surface area contributed by atoms with Crippen molar-refractivity contribution >= 4 is 28.8 Å². The lowest BCUT2D eigenvalue weighted by molar-refractivity contribution is -0.138. The van der Waals surface area contributed by atoms with Crippen molar-refractivity contribution in [2.45, 2.75) is 25.6 Å². The van der Waals surface area contributed by atoms with Crippen LogP contribution in [0.2, 0.25) is 5.02 Å². The van der Waals surface area contributed by atoms with E-state index in [4.69, 9.17) is 34.3 Å². The molecule has 0 aliphatic heterocycles. The molecule has 7 heteroatoms. The van der Waals surface area contributed by atoms with Gasteiger partial charge in [0, 0.05) is 23.6 Å². The van der Waals surface area contributed by atoms with E-state index in [0.29, 0.717) is 16.1 Å². The van der Waals surface area contributed by atoms with E-state index in [2.05, 4.69) is 0 Å². The van der Waals surface area contributed by atoms with Crippen molar-refractivity contribution in [1.82, 2.24) is 0 Å². The lowest BCUT2D eigenvalue weighted by Gasteiger charge is -2.09. The maximum absolute atomic E-state index is 11.9. The summed E-state index contributed by atoms with van der Waals surface area (Å²) in [5, 5.41) is 0.432. The molecule has 0 heterocycles. The lowest BCUT2D eigenvalue weighted by Crippen LogP contribution is -2.10. The first-order valence-electron chi connectivity index (χ1n) is 5.52. The fourth-order valence-electron chi connectivity index (χ4n) is 1.37. The molecule has 2 N–H and O–H groups in total. The molecule has 2 nitrogen and oxygen atoms in total. The molecule has 0 saturated heterocycles. The van der Waals surface area contributed by atoms with Gasteiger partial charge in [-0.25, -0.2) is 0 Å². The molecule has 0 radical (unpaired) electrons. The van der Waals surface area contributed by atoms with Gasteiger partial charge in [-0.3, -0.25) is 0 Å². The molecular weight excluding hydrogens is 299 g/mol. The van der Waals surface area contributed by atoms with Crippen LogP contribution in [0.4, 0.5) is 13.2 Å². The van der Waals surface area contributed by atoms with Gasteiger partial charge in [0.25, 0.3) is 0 Å². The summed E-state index contributed by atoms with van der Waals surface area (Å²) in [7, 11) is 0. The van der Waals surface area contributed by atoms with Crippen LogP contribution in [0.1, 0.15) is 24.0 Å². The second kappa shape index (κ2) is 7.07. The van der Waals surface area contributed by atoms with Crippen molar-refractivity contribution in [2.75, 3.05) is 6.61 Å². The second-order valence-corrected chi connectivity index (χ2v) is 4.79. The largest absolute Gasteiger partial charge is 0.389 e. The predicted molar refractivity (Wildman–Crippen MR) is 72.3 cm³/mol. The number of nitrogens with two attached hydrogens (primary N) is 1. The lowest BCUT2D eigenvalue weighted by atomic mass is 10.1. The first kappa shape index (κ1) is 16.2. The fraction of sp³-hybridized carbons (Fsp3) is 0.417. The minimum atomic E-state index is -4.14. The van der Waals surface area contributed by atoms with Crippen LogP contribution < -0.4 is 5.73 Å². The summed E-state index contributed by atoms with van der Waals surface area (Å²) in [6.45, 7) is 0.196. The molecule has 106 valence electrons. The van der Waals surface area contributed by atoms with Crippen LogP contribution >= 0.6 is 23.8 Å². The average Bonchev–Trinajstić information content (AvgIpc) is 2.28. The van der Waals surface area contributed by atoms with Crippen LogP contribution in [0.3, 0.4) is 0 Å². The van der Waals surface area contributed by atoms with Gasteiger partial charge in [0.2, 0.25) is 0 Å². The number of halogens is 4. The van der Waals surface area contributed by atoms with E-state index in [0.717, 1.165) is 0 Å². The summed E-state index contributed by atoms with van der Waals surface area (Å²) in [5.41, 5.74) is 6.78. The number of benzene rings is 1. The van der Waals surface area contributed by atoms with Gasteiger partial charge in [0.1, 0.15) is 4.99 Å². The van der Waals surface area contributed by atoms with E-state index in [1.165, 1.54) is 0 Å². The first-order chi connectivity index (χ1) is 8.79. The van der Waals surface area contributed by atoms with Gasteiger partial charge < -0.3 is 10.5 Å². The van der Waals surface area contributed by atoms with E-state index in [9.17, 15) is 13.2 Å². The minimum Gasteiger partial charge on any atom is -0.389 e. The van der Waals surface area contributed by atoms with Crippen molar-refractivity contribution in [3.05, 3.63) is 34.3 Å². The van der Waals surface area contributed by atoms with Crippen molar-refractivity contribution < 1.29 is 17.9 Å².